The number of nitrogens with zero attached hydrogens (tertiary/aromatic N) is 2. The monoisotopic (exact) mass is 721 g/mol. The van der Waals surface area contributed by atoms with Gasteiger partial charge in [-0.3, -0.25) is 0 Å². The Morgan fingerprint density at radius 2 is 1.02 bits per heavy atom. The lowest BCUT2D eigenvalue weighted by atomic mass is 9.89. The lowest BCUT2D eigenvalue weighted by Gasteiger charge is -2.15. The molecule has 2 nitrogen and oxygen atoms in total. The third kappa shape index (κ3) is 5.40. The van der Waals surface area contributed by atoms with Crippen LogP contribution in [0.5, 0.6) is 0 Å². The van der Waals surface area contributed by atoms with E-state index < -0.39 is 18.1 Å². The van der Waals surface area contributed by atoms with Gasteiger partial charge in [0.1, 0.15) is 0 Å². The Hall–Kier alpha value is -6.94. The molecule has 0 amide bonds. The molecule has 0 aliphatic heterocycles. The molecular weight excluding hydrogens is 685 g/mol. The predicted molar refractivity (Wildman–Crippen MR) is 235 cm³/mol. The summed E-state index contributed by atoms with van der Waals surface area (Å²) in [6, 6.07) is 55.0. The van der Waals surface area contributed by atoms with Crippen LogP contribution < -0.4 is 0 Å². The molecule has 3 heteroatoms. The van der Waals surface area contributed by atoms with E-state index >= 15 is 0 Å². The molecule has 2 aromatic heterocycles. The third-order valence-electron chi connectivity index (χ3n) is 10.6. The van der Waals surface area contributed by atoms with E-state index in [1.807, 2.05) is 30.3 Å². The summed E-state index contributed by atoms with van der Waals surface area (Å²) in [5.74, 6) is 0.0645. The van der Waals surface area contributed by atoms with E-state index in [9.17, 15) is 0 Å². The van der Waals surface area contributed by atoms with E-state index in [4.69, 9.17) is 16.8 Å². The highest BCUT2D eigenvalue weighted by atomic mass is 32.1. The summed E-state index contributed by atoms with van der Waals surface area (Å²) in [4.78, 5) is 9.81. The first-order valence-corrected chi connectivity index (χ1v) is 19.1. The first-order valence-electron chi connectivity index (χ1n) is 20.7. The number of benzene rings is 9. The molecule has 0 saturated heterocycles. The fourth-order valence-corrected chi connectivity index (χ4v) is 9.19. The maximum absolute atomic E-state index is 8.81. The van der Waals surface area contributed by atoms with Crippen molar-refractivity contribution < 1.29 is 6.85 Å². The van der Waals surface area contributed by atoms with Gasteiger partial charge >= 0.3 is 0 Å². The molecule has 256 valence electrons. The number of rotatable bonds is 5. The zero-order valence-electron chi connectivity index (χ0n) is 34.4. The standard InChI is InChI=1S/C52H32N2S/c1-2-12-38(13-3-1)52-53-47(35-23-21-34(22-24-35)42-18-10-19-45-43-17-8-9-20-49(43)55-51(42)45)32-48(54-52)36-25-27-37(28-26-36)50-41-16-7-5-14-39(41)31-46-40-15-6-4-11-33(40)29-30-44(46)50/h1-32H/i1D,2D,3D,12D,13D. The molecule has 55 heavy (non-hydrogen) atoms. The molecule has 0 bridgehead atoms. The molecule has 0 N–H and O–H groups in total. The second-order valence-electron chi connectivity index (χ2n) is 13.8. The van der Waals surface area contributed by atoms with Gasteiger partial charge in [0.25, 0.3) is 0 Å². The van der Waals surface area contributed by atoms with Gasteiger partial charge in [0, 0.05) is 36.9 Å². The number of hydrogen-bond acceptors (Lipinski definition) is 3. The van der Waals surface area contributed by atoms with Crippen molar-refractivity contribution in [1.29, 1.82) is 0 Å². The van der Waals surface area contributed by atoms with Crippen molar-refractivity contribution in [3.8, 4) is 56.2 Å². The lowest BCUT2D eigenvalue weighted by Crippen LogP contribution is -1.96. The molecule has 11 aromatic rings. The molecular formula is C52H32N2S. The van der Waals surface area contributed by atoms with Crippen molar-refractivity contribution in [3.63, 3.8) is 0 Å². The van der Waals surface area contributed by atoms with Crippen LogP contribution in [-0.2, 0) is 0 Å². The van der Waals surface area contributed by atoms with Crippen LogP contribution in [-0.4, -0.2) is 9.97 Å². The Balaban J connectivity index is 1.05. The normalized spacial score (nSPS) is 12.9. The molecule has 0 fully saturated rings. The van der Waals surface area contributed by atoms with Gasteiger partial charge in [-0.25, -0.2) is 9.97 Å². The SMILES string of the molecule is [2H]c1c([2H])c([2H])c(-c2nc(-c3ccc(-c4c5ccccc5cc5c4ccc4ccccc45)cc3)cc(-c3ccc(-c4cccc5c4sc4ccccc45)cc3)n2)c([2H])c1[2H]. The summed E-state index contributed by atoms with van der Waals surface area (Å²) in [5.41, 5.74) is 7.14. The summed E-state index contributed by atoms with van der Waals surface area (Å²) in [6.45, 7) is 0. The van der Waals surface area contributed by atoms with Crippen molar-refractivity contribution in [1.82, 2.24) is 9.97 Å². The molecule has 11 rings (SSSR count). The van der Waals surface area contributed by atoms with Crippen molar-refractivity contribution in [3.05, 3.63) is 194 Å². The van der Waals surface area contributed by atoms with Crippen LogP contribution in [0.15, 0.2) is 194 Å². The van der Waals surface area contributed by atoms with Crippen molar-refractivity contribution in [2.45, 2.75) is 0 Å². The highest BCUT2D eigenvalue weighted by molar-refractivity contribution is 7.26. The van der Waals surface area contributed by atoms with Crippen LogP contribution in [0.2, 0.25) is 0 Å². The van der Waals surface area contributed by atoms with E-state index in [1.165, 1.54) is 41.7 Å². The van der Waals surface area contributed by atoms with Crippen LogP contribution in [0.1, 0.15) is 6.85 Å². The Morgan fingerprint density at radius 1 is 0.400 bits per heavy atom. The van der Waals surface area contributed by atoms with Crippen molar-refractivity contribution in [2.24, 2.45) is 0 Å². The van der Waals surface area contributed by atoms with Gasteiger partial charge in [-0.15, -0.1) is 11.3 Å². The molecule has 0 atom stereocenters. The van der Waals surface area contributed by atoms with Gasteiger partial charge in [-0.2, -0.15) is 0 Å². The Morgan fingerprint density at radius 3 is 1.78 bits per heavy atom. The zero-order valence-corrected chi connectivity index (χ0v) is 30.2. The Bertz CT molecular complexity index is 3510. The Labute approximate surface area is 329 Å². The molecule has 0 aliphatic carbocycles. The van der Waals surface area contributed by atoms with Crippen LogP contribution in [0, 0.1) is 0 Å². The van der Waals surface area contributed by atoms with Crippen LogP contribution in [0.25, 0.3) is 109 Å². The third-order valence-corrected chi connectivity index (χ3v) is 11.8. The highest BCUT2D eigenvalue weighted by Crippen LogP contribution is 2.42. The second kappa shape index (κ2) is 12.9. The molecule has 2 heterocycles. The van der Waals surface area contributed by atoms with Gasteiger partial charge in [0.15, 0.2) is 5.82 Å². The van der Waals surface area contributed by atoms with Crippen LogP contribution in [0.3, 0.4) is 0 Å². The number of hydrogen-bond donors (Lipinski definition) is 0. The van der Waals surface area contributed by atoms with E-state index in [1.54, 1.807) is 11.3 Å². The first-order chi connectivity index (χ1) is 29.3. The molecule has 0 spiro atoms. The number of thiophene rings is 1. The summed E-state index contributed by atoms with van der Waals surface area (Å²) >= 11 is 1.79. The van der Waals surface area contributed by atoms with Crippen LogP contribution in [0.4, 0.5) is 0 Å². The van der Waals surface area contributed by atoms with E-state index in [2.05, 4.69) is 133 Å². The van der Waals surface area contributed by atoms with Gasteiger partial charge in [0.05, 0.1) is 18.2 Å². The smallest absolute Gasteiger partial charge is 0.160 e. The molecule has 0 aliphatic rings. The maximum Gasteiger partial charge on any atom is 0.160 e. The van der Waals surface area contributed by atoms with E-state index in [-0.39, 0.29) is 23.5 Å². The Kier molecular flexibility index (Phi) is 6.27. The van der Waals surface area contributed by atoms with Gasteiger partial charge in [-0.05, 0) is 72.8 Å². The molecule has 0 saturated carbocycles. The van der Waals surface area contributed by atoms with Gasteiger partial charge in [0.2, 0.25) is 0 Å². The average molecular weight is 722 g/mol. The fourth-order valence-electron chi connectivity index (χ4n) is 7.95. The van der Waals surface area contributed by atoms with Gasteiger partial charge in [-0.1, -0.05) is 176 Å². The topological polar surface area (TPSA) is 25.8 Å². The van der Waals surface area contributed by atoms with Crippen molar-refractivity contribution in [2.75, 3.05) is 0 Å². The van der Waals surface area contributed by atoms with Crippen LogP contribution >= 0.6 is 11.3 Å². The first kappa shape index (κ1) is 26.8. The summed E-state index contributed by atoms with van der Waals surface area (Å²) in [6.07, 6.45) is 0. The minimum absolute atomic E-state index is 0.0387. The number of aromatic nitrogens is 2. The quantitative estimate of drug-likeness (QED) is 0.131. The summed E-state index contributed by atoms with van der Waals surface area (Å²) in [7, 11) is 0. The number of fused-ring (bicyclic) bond motifs is 7. The predicted octanol–water partition coefficient (Wildman–Crippen LogP) is 14.6. The fraction of sp³-hybridized carbons (Fsp3) is 0. The minimum Gasteiger partial charge on any atom is -0.228 e. The van der Waals surface area contributed by atoms with Gasteiger partial charge < -0.3 is 0 Å². The molecule has 9 aromatic carbocycles. The molecule has 0 unspecified atom stereocenters. The minimum atomic E-state index is -0.459. The zero-order chi connectivity index (χ0) is 40.6. The van der Waals surface area contributed by atoms with E-state index in [0.29, 0.717) is 11.4 Å². The average Bonchev–Trinajstić information content (AvgIpc) is 3.69. The highest BCUT2D eigenvalue weighted by Gasteiger charge is 2.15. The summed E-state index contributed by atoms with van der Waals surface area (Å²) < 4.78 is 45.2. The largest absolute Gasteiger partial charge is 0.228 e. The van der Waals surface area contributed by atoms with Crippen molar-refractivity contribution >= 4 is 63.8 Å². The maximum atomic E-state index is 8.81. The molecule has 0 radical (unpaired) electrons. The lowest BCUT2D eigenvalue weighted by molar-refractivity contribution is 1.18. The van der Waals surface area contributed by atoms with E-state index in [0.717, 1.165) is 44.2 Å². The second-order valence-corrected chi connectivity index (χ2v) is 14.8. The summed E-state index contributed by atoms with van der Waals surface area (Å²) in [5, 5.41) is 9.56.